The molecule has 0 aliphatic rings. The Labute approximate surface area is 132 Å². The van der Waals surface area contributed by atoms with E-state index in [1.807, 2.05) is 18.2 Å². The molecule has 120 valence electrons. The molecule has 0 atom stereocenters. The molecule has 0 unspecified atom stereocenters. The van der Waals surface area contributed by atoms with E-state index >= 15 is 0 Å². The van der Waals surface area contributed by atoms with Crippen molar-refractivity contribution in [2.45, 2.75) is 26.2 Å². The number of unbranched alkanes of at least 4 members (excludes halogenated alkanes) is 2. The van der Waals surface area contributed by atoms with Crippen LogP contribution in [0.1, 0.15) is 31.7 Å². The molecule has 0 aliphatic heterocycles. The van der Waals surface area contributed by atoms with Gasteiger partial charge >= 0.3 is 0 Å². The number of carbonyl (C=O) groups excluding carboxylic acids is 1. The number of rotatable bonds is 10. The van der Waals surface area contributed by atoms with Crippen LogP contribution in [-0.2, 0) is 4.79 Å². The SMILES string of the molecule is C=CCOc1ccc(/C=C/C(=O)NCCCCC)cc1OC. The van der Waals surface area contributed by atoms with E-state index in [-0.39, 0.29) is 5.91 Å². The number of hydrogen-bond acceptors (Lipinski definition) is 3. The molecule has 1 aromatic rings. The van der Waals surface area contributed by atoms with E-state index in [0.717, 1.165) is 24.8 Å². The van der Waals surface area contributed by atoms with Crippen LogP contribution < -0.4 is 14.8 Å². The van der Waals surface area contributed by atoms with Crippen molar-refractivity contribution >= 4 is 12.0 Å². The minimum atomic E-state index is -0.0814. The van der Waals surface area contributed by atoms with Crippen LogP contribution in [0.5, 0.6) is 11.5 Å². The maximum atomic E-state index is 11.7. The highest BCUT2D eigenvalue weighted by Gasteiger charge is 2.04. The van der Waals surface area contributed by atoms with E-state index in [9.17, 15) is 4.79 Å². The van der Waals surface area contributed by atoms with Crippen LogP contribution in [-0.4, -0.2) is 26.2 Å². The van der Waals surface area contributed by atoms with Crippen molar-refractivity contribution in [2.75, 3.05) is 20.3 Å². The molecule has 1 N–H and O–H groups in total. The number of hydrogen-bond donors (Lipinski definition) is 1. The van der Waals surface area contributed by atoms with Crippen molar-refractivity contribution in [2.24, 2.45) is 0 Å². The Bertz CT molecular complexity index is 509. The second-order valence-electron chi connectivity index (χ2n) is 4.84. The Morgan fingerprint density at radius 3 is 2.82 bits per heavy atom. The molecule has 0 aliphatic carbocycles. The summed E-state index contributed by atoms with van der Waals surface area (Å²) in [5.41, 5.74) is 0.881. The Hall–Kier alpha value is -2.23. The van der Waals surface area contributed by atoms with E-state index < -0.39 is 0 Å². The summed E-state index contributed by atoms with van der Waals surface area (Å²) < 4.78 is 10.8. The zero-order valence-corrected chi connectivity index (χ0v) is 13.4. The first-order chi connectivity index (χ1) is 10.7. The Morgan fingerprint density at radius 1 is 1.32 bits per heavy atom. The van der Waals surface area contributed by atoms with E-state index in [2.05, 4.69) is 18.8 Å². The molecule has 0 bridgehead atoms. The van der Waals surface area contributed by atoms with Gasteiger partial charge in [0.05, 0.1) is 7.11 Å². The lowest BCUT2D eigenvalue weighted by Crippen LogP contribution is -2.21. The largest absolute Gasteiger partial charge is 0.493 e. The summed E-state index contributed by atoms with van der Waals surface area (Å²) in [7, 11) is 1.59. The third-order valence-electron chi connectivity index (χ3n) is 3.05. The van der Waals surface area contributed by atoms with Gasteiger partial charge in [-0.25, -0.2) is 0 Å². The average Bonchev–Trinajstić information content (AvgIpc) is 2.55. The molecule has 0 radical (unpaired) electrons. The average molecular weight is 303 g/mol. The molecular formula is C18H25NO3. The first-order valence-electron chi connectivity index (χ1n) is 7.59. The van der Waals surface area contributed by atoms with E-state index in [1.165, 1.54) is 6.08 Å². The Morgan fingerprint density at radius 2 is 2.14 bits per heavy atom. The topological polar surface area (TPSA) is 47.6 Å². The van der Waals surface area contributed by atoms with Gasteiger partial charge in [0.25, 0.3) is 0 Å². The molecule has 0 aromatic heterocycles. The molecule has 22 heavy (non-hydrogen) atoms. The summed E-state index contributed by atoms with van der Waals surface area (Å²) in [6, 6.07) is 5.53. The fourth-order valence-electron chi connectivity index (χ4n) is 1.87. The van der Waals surface area contributed by atoms with Crippen molar-refractivity contribution in [3.8, 4) is 11.5 Å². The molecule has 0 saturated carbocycles. The van der Waals surface area contributed by atoms with Crippen molar-refractivity contribution in [1.29, 1.82) is 0 Å². The molecule has 0 spiro atoms. The predicted molar refractivity (Wildman–Crippen MR) is 90.3 cm³/mol. The standard InChI is InChI=1S/C18H25NO3/c1-4-6-7-12-19-18(20)11-9-15-8-10-16(22-13-5-2)17(14-15)21-3/h5,8-11,14H,2,4,6-7,12-13H2,1,3H3,(H,19,20)/b11-9+. The lowest BCUT2D eigenvalue weighted by molar-refractivity contribution is -0.116. The van der Waals surface area contributed by atoms with Gasteiger partial charge in [-0.3, -0.25) is 4.79 Å². The van der Waals surface area contributed by atoms with Crippen LogP contribution in [0.15, 0.2) is 36.9 Å². The number of ether oxygens (including phenoxy) is 2. The van der Waals surface area contributed by atoms with Crippen molar-refractivity contribution < 1.29 is 14.3 Å². The normalized spacial score (nSPS) is 10.5. The van der Waals surface area contributed by atoms with Crippen LogP contribution >= 0.6 is 0 Å². The molecular weight excluding hydrogens is 278 g/mol. The number of carbonyl (C=O) groups is 1. The highest BCUT2D eigenvalue weighted by molar-refractivity contribution is 5.91. The highest BCUT2D eigenvalue weighted by atomic mass is 16.5. The summed E-state index contributed by atoms with van der Waals surface area (Å²) in [6.07, 6.45) is 8.26. The van der Waals surface area contributed by atoms with Gasteiger partial charge in [0, 0.05) is 12.6 Å². The number of methoxy groups -OCH3 is 1. The lowest BCUT2D eigenvalue weighted by Gasteiger charge is -2.09. The van der Waals surface area contributed by atoms with Crippen molar-refractivity contribution in [3.05, 3.63) is 42.5 Å². The maximum Gasteiger partial charge on any atom is 0.243 e. The zero-order chi connectivity index (χ0) is 16.2. The minimum absolute atomic E-state index is 0.0814. The van der Waals surface area contributed by atoms with Gasteiger partial charge in [-0.05, 0) is 30.2 Å². The maximum absolute atomic E-state index is 11.7. The smallest absolute Gasteiger partial charge is 0.243 e. The van der Waals surface area contributed by atoms with Gasteiger partial charge in [0.1, 0.15) is 6.61 Å². The third kappa shape index (κ3) is 6.48. The highest BCUT2D eigenvalue weighted by Crippen LogP contribution is 2.28. The summed E-state index contributed by atoms with van der Waals surface area (Å²) in [4.78, 5) is 11.7. The van der Waals surface area contributed by atoms with Crippen LogP contribution in [0.25, 0.3) is 6.08 Å². The second-order valence-corrected chi connectivity index (χ2v) is 4.84. The second kappa shape index (κ2) is 10.5. The van der Waals surface area contributed by atoms with Crippen molar-refractivity contribution in [3.63, 3.8) is 0 Å². The van der Waals surface area contributed by atoms with Crippen LogP contribution in [0.2, 0.25) is 0 Å². The van der Waals surface area contributed by atoms with Gasteiger partial charge in [-0.15, -0.1) is 0 Å². The lowest BCUT2D eigenvalue weighted by atomic mass is 10.2. The zero-order valence-electron chi connectivity index (χ0n) is 13.4. The minimum Gasteiger partial charge on any atom is -0.493 e. The molecule has 0 saturated heterocycles. The molecule has 4 heteroatoms. The molecule has 1 amide bonds. The van der Waals surface area contributed by atoms with Crippen molar-refractivity contribution in [1.82, 2.24) is 5.32 Å². The molecule has 1 rings (SSSR count). The molecule has 1 aromatic carbocycles. The van der Waals surface area contributed by atoms with Crippen LogP contribution in [0.4, 0.5) is 0 Å². The van der Waals surface area contributed by atoms with Gasteiger partial charge in [0.15, 0.2) is 11.5 Å². The van der Waals surface area contributed by atoms with Crippen LogP contribution in [0, 0.1) is 0 Å². The van der Waals surface area contributed by atoms with Gasteiger partial charge in [-0.1, -0.05) is 38.5 Å². The van der Waals surface area contributed by atoms with Gasteiger partial charge in [-0.2, -0.15) is 0 Å². The molecule has 0 fully saturated rings. The number of benzene rings is 1. The number of amides is 1. The van der Waals surface area contributed by atoms with E-state index in [4.69, 9.17) is 9.47 Å². The third-order valence-corrected chi connectivity index (χ3v) is 3.05. The fraction of sp³-hybridized carbons (Fsp3) is 0.389. The van der Waals surface area contributed by atoms with E-state index in [1.54, 1.807) is 19.3 Å². The summed E-state index contributed by atoms with van der Waals surface area (Å²) in [5.74, 6) is 1.21. The van der Waals surface area contributed by atoms with Crippen LogP contribution in [0.3, 0.4) is 0 Å². The van der Waals surface area contributed by atoms with Gasteiger partial charge < -0.3 is 14.8 Å². The Kier molecular flexibility index (Phi) is 8.50. The quantitative estimate of drug-likeness (QED) is 0.408. The molecule has 0 heterocycles. The summed E-state index contributed by atoms with van der Waals surface area (Å²) >= 11 is 0. The summed E-state index contributed by atoms with van der Waals surface area (Å²) in [6.45, 7) is 6.89. The van der Waals surface area contributed by atoms with Gasteiger partial charge in [0.2, 0.25) is 5.91 Å². The Balaban J connectivity index is 2.59. The first kappa shape index (κ1) is 17.8. The first-order valence-corrected chi connectivity index (χ1v) is 7.59. The summed E-state index contributed by atoms with van der Waals surface area (Å²) in [5, 5.41) is 2.86. The number of nitrogens with one attached hydrogen (secondary N) is 1. The fourth-order valence-corrected chi connectivity index (χ4v) is 1.87. The van der Waals surface area contributed by atoms with E-state index in [0.29, 0.717) is 24.7 Å². The predicted octanol–water partition coefficient (Wildman–Crippen LogP) is 3.58. The molecule has 4 nitrogen and oxygen atoms in total. The monoisotopic (exact) mass is 303 g/mol.